The molecular formula is C17H21NO3. The molecular weight excluding hydrogens is 266 g/mol. The van der Waals surface area contributed by atoms with Gasteiger partial charge in [0.25, 0.3) is 0 Å². The average molecular weight is 287 g/mol. The van der Waals surface area contributed by atoms with Crippen LogP contribution in [0.5, 0.6) is 11.5 Å². The Bertz CT molecular complexity index is 516. The van der Waals surface area contributed by atoms with Crippen LogP contribution in [0.2, 0.25) is 0 Å². The predicted octanol–water partition coefficient (Wildman–Crippen LogP) is 3.20. The quantitative estimate of drug-likeness (QED) is 0.719. The molecule has 2 aromatic rings. The van der Waals surface area contributed by atoms with Crippen molar-refractivity contribution < 1.29 is 14.2 Å². The molecule has 0 aliphatic carbocycles. The summed E-state index contributed by atoms with van der Waals surface area (Å²) >= 11 is 0. The topological polar surface area (TPSA) is 39.7 Å². The molecule has 2 aromatic carbocycles. The normalized spacial score (nSPS) is 10.1. The lowest BCUT2D eigenvalue weighted by Crippen LogP contribution is -2.11. The van der Waals surface area contributed by atoms with Crippen LogP contribution >= 0.6 is 0 Å². The molecule has 21 heavy (non-hydrogen) atoms. The van der Waals surface area contributed by atoms with E-state index in [-0.39, 0.29) is 0 Å². The third-order valence-electron chi connectivity index (χ3n) is 2.83. The van der Waals surface area contributed by atoms with Crippen LogP contribution in [-0.2, 0) is 4.74 Å². The van der Waals surface area contributed by atoms with E-state index in [1.807, 2.05) is 54.6 Å². The zero-order chi connectivity index (χ0) is 14.8. The third kappa shape index (κ3) is 5.75. The molecule has 1 N–H and O–H groups in total. The molecule has 0 unspecified atom stereocenters. The molecule has 4 heteroatoms. The van der Waals surface area contributed by atoms with E-state index in [1.54, 1.807) is 7.11 Å². The predicted molar refractivity (Wildman–Crippen MR) is 84.2 cm³/mol. The lowest BCUT2D eigenvalue weighted by molar-refractivity contribution is 0.146. The minimum absolute atomic E-state index is 0.553. The zero-order valence-corrected chi connectivity index (χ0v) is 12.2. The van der Waals surface area contributed by atoms with E-state index in [0.29, 0.717) is 19.8 Å². The van der Waals surface area contributed by atoms with Gasteiger partial charge < -0.3 is 19.5 Å². The van der Waals surface area contributed by atoms with Crippen LogP contribution in [0.4, 0.5) is 5.69 Å². The number of hydrogen-bond donors (Lipinski definition) is 1. The first kappa shape index (κ1) is 15.2. The number of rotatable bonds is 9. The van der Waals surface area contributed by atoms with Crippen LogP contribution in [0, 0.1) is 0 Å². The van der Waals surface area contributed by atoms with Crippen LogP contribution in [0.3, 0.4) is 0 Å². The minimum atomic E-state index is 0.553. The number of nitrogens with one attached hydrogen (secondary N) is 1. The van der Waals surface area contributed by atoms with Gasteiger partial charge in [-0.1, -0.05) is 24.3 Å². The van der Waals surface area contributed by atoms with Crippen molar-refractivity contribution in [2.75, 3.05) is 38.8 Å². The van der Waals surface area contributed by atoms with Gasteiger partial charge in [-0.05, 0) is 24.3 Å². The molecule has 2 rings (SSSR count). The fourth-order valence-electron chi connectivity index (χ4n) is 1.82. The second kappa shape index (κ2) is 8.87. The van der Waals surface area contributed by atoms with Gasteiger partial charge in [0.15, 0.2) is 0 Å². The van der Waals surface area contributed by atoms with Crippen molar-refractivity contribution in [3.63, 3.8) is 0 Å². The van der Waals surface area contributed by atoms with Gasteiger partial charge in [0.2, 0.25) is 0 Å². The van der Waals surface area contributed by atoms with Crippen LogP contribution < -0.4 is 14.8 Å². The molecule has 0 aliphatic rings. The first-order valence-electron chi connectivity index (χ1n) is 7.02. The number of hydrogen-bond acceptors (Lipinski definition) is 4. The molecule has 0 atom stereocenters. The molecule has 4 nitrogen and oxygen atoms in total. The Kier molecular flexibility index (Phi) is 6.42. The Morgan fingerprint density at radius 2 is 1.57 bits per heavy atom. The smallest absolute Gasteiger partial charge is 0.121 e. The summed E-state index contributed by atoms with van der Waals surface area (Å²) in [5.74, 6) is 1.72. The Balaban J connectivity index is 1.71. The Morgan fingerprint density at radius 1 is 0.810 bits per heavy atom. The third-order valence-corrected chi connectivity index (χ3v) is 2.83. The number of benzene rings is 2. The summed E-state index contributed by atoms with van der Waals surface area (Å²) in [6.07, 6.45) is 0. The minimum Gasteiger partial charge on any atom is -0.492 e. The number of methoxy groups -OCH3 is 1. The summed E-state index contributed by atoms with van der Waals surface area (Å²) in [7, 11) is 1.66. The highest BCUT2D eigenvalue weighted by atomic mass is 16.5. The van der Waals surface area contributed by atoms with E-state index in [9.17, 15) is 0 Å². The number of anilines is 1. The van der Waals surface area contributed by atoms with Gasteiger partial charge in [-0.15, -0.1) is 0 Å². The van der Waals surface area contributed by atoms with Crippen LogP contribution in [0.1, 0.15) is 0 Å². The van der Waals surface area contributed by atoms with E-state index in [0.717, 1.165) is 23.7 Å². The molecule has 0 saturated carbocycles. The van der Waals surface area contributed by atoms with E-state index >= 15 is 0 Å². The SMILES string of the molecule is COCCOc1cccc(NCCOc2ccccc2)c1. The summed E-state index contributed by atoms with van der Waals surface area (Å²) in [6, 6.07) is 17.7. The van der Waals surface area contributed by atoms with Crippen molar-refractivity contribution in [1.82, 2.24) is 0 Å². The summed E-state index contributed by atoms with van der Waals surface area (Å²) in [5, 5.41) is 3.31. The van der Waals surface area contributed by atoms with Gasteiger partial charge in [-0.25, -0.2) is 0 Å². The lowest BCUT2D eigenvalue weighted by atomic mass is 10.3. The second-order valence-electron chi connectivity index (χ2n) is 4.46. The van der Waals surface area contributed by atoms with Crippen molar-refractivity contribution in [2.45, 2.75) is 0 Å². The largest absolute Gasteiger partial charge is 0.492 e. The maximum absolute atomic E-state index is 5.63. The van der Waals surface area contributed by atoms with Gasteiger partial charge in [-0.3, -0.25) is 0 Å². The van der Waals surface area contributed by atoms with Gasteiger partial charge in [0.05, 0.1) is 6.61 Å². The standard InChI is InChI=1S/C17H21NO3/c1-19-12-13-21-17-9-5-6-15(14-17)18-10-11-20-16-7-3-2-4-8-16/h2-9,14,18H,10-13H2,1H3. The van der Waals surface area contributed by atoms with E-state index in [1.165, 1.54) is 0 Å². The van der Waals surface area contributed by atoms with Crippen molar-refractivity contribution in [2.24, 2.45) is 0 Å². The van der Waals surface area contributed by atoms with Crippen LogP contribution in [0.15, 0.2) is 54.6 Å². The first-order valence-corrected chi connectivity index (χ1v) is 7.02. The van der Waals surface area contributed by atoms with Gasteiger partial charge in [0, 0.05) is 25.4 Å². The fraction of sp³-hybridized carbons (Fsp3) is 0.294. The molecule has 0 fully saturated rings. The fourth-order valence-corrected chi connectivity index (χ4v) is 1.82. The van der Waals surface area contributed by atoms with Crippen molar-refractivity contribution >= 4 is 5.69 Å². The van der Waals surface area contributed by atoms with E-state index < -0.39 is 0 Å². The number of para-hydroxylation sites is 1. The number of ether oxygens (including phenoxy) is 3. The van der Waals surface area contributed by atoms with Crippen molar-refractivity contribution in [3.05, 3.63) is 54.6 Å². The van der Waals surface area contributed by atoms with Crippen molar-refractivity contribution in [1.29, 1.82) is 0 Å². The summed E-state index contributed by atoms with van der Waals surface area (Å²) in [6.45, 7) is 2.48. The average Bonchev–Trinajstić information content (AvgIpc) is 2.53. The van der Waals surface area contributed by atoms with Crippen molar-refractivity contribution in [3.8, 4) is 11.5 Å². The maximum atomic E-state index is 5.63. The van der Waals surface area contributed by atoms with E-state index in [2.05, 4.69) is 5.32 Å². The highest BCUT2D eigenvalue weighted by molar-refractivity contribution is 5.48. The van der Waals surface area contributed by atoms with Gasteiger partial charge in [0.1, 0.15) is 24.7 Å². The Hall–Kier alpha value is -2.20. The van der Waals surface area contributed by atoms with Crippen LogP contribution in [-0.4, -0.2) is 33.5 Å². The highest BCUT2D eigenvalue weighted by Gasteiger charge is 1.97. The highest BCUT2D eigenvalue weighted by Crippen LogP contribution is 2.17. The second-order valence-corrected chi connectivity index (χ2v) is 4.46. The summed E-state index contributed by atoms with van der Waals surface area (Å²) in [4.78, 5) is 0. The monoisotopic (exact) mass is 287 g/mol. The Labute approximate surface area is 125 Å². The first-order chi connectivity index (χ1) is 10.4. The molecule has 0 bridgehead atoms. The van der Waals surface area contributed by atoms with Gasteiger partial charge in [-0.2, -0.15) is 0 Å². The molecule has 0 aromatic heterocycles. The molecule has 0 aliphatic heterocycles. The molecule has 0 radical (unpaired) electrons. The van der Waals surface area contributed by atoms with E-state index in [4.69, 9.17) is 14.2 Å². The lowest BCUT2D eigenvalue weighted by Gasteiger charge is -2.10. The summed E-state index contributed by atoms with van der Waals surface area (Å²) < 4.78 is 16.2. The molecule has 0 spiro atoms. The van der Waals surface area contributed by atoms with Gasteiger partial charge >= 0.3 is 0 Å². The van der Waals surface area contributed by atoms with Crippen LogP contribution in [0.25, 0.3) is 0 Å². The maximum Gasteiger partial charge on any atom is 0.121 e. The molecule has 0 amide bonds. The molecule has 112 valence electrons. The molecule has 0 heterocycles. The summed E-state index contributed by atoms with van der Waals surface area (Å²) in [5.41, 5.74) is 1.02. The molecule has 0 saturated heterocycles. The zero-order valence-electron chi connectivity index (χ0n) is 12.2. The Morgan fingerprint density at radius 3 is 2.38 bits per heavy atom.